The normalized spacial score (nSPS) is 10.9. The average molecular weight is 421 g/mol. The number of methoxy groups -OCH3 is 1. The molecule has 5 heteroatoms. The second kappa shape index (κ2) is 6.72. The lowest BCUT2D eigenvalue weighted by Gasteiger charge is -2.08. The molecule has 1 heterocycles. The molecule has 23 heavy (non-hydrogen) atoms. The number of carbonyl (C=O) groups excluding carboxylic acids is 1. The third kappa shape index (κ3) is 3.25. The van der Waals surface area contributed by atoms with E-state index in [1.54, 1.807) is 7.11 Å². The van der Waals surface area contributed by atoms with Crippen LogP contribution in [0.1, 0.15) is 21.7 Å². The number of aryl methyl sites for hydroxylation is 1. The lowest BCUT2D eigenvalue weighted by atomic mass is 10.1. The fourth-order valence-electron chi connectivity index (χ4n) is 2.52. The number of ether oxygens (including phenoxy) is 1. The number of furan rings is 1. The Hall–Kier alpha value is -1.86. The summed E-state index contributed by atoms with van der Waals surface area (Å²) in [7, 11) is 1.60. The van der Waals surface area contributed by atoms with Gasteiger partial charge in [0.1, 0.15) is 5.58 Å². The van der Waals surface area contributed by atoms with E-state index >= 15 is 0 Å². The van der Waals surface area contributed by atoms with Gasteiger partial charge in [0.15, 0.2) is 5.76 Å². The summed E-state index contributed by atoms with van der Waals surface area (Å²) < 4.78 is 12.1. The van der Waals surface area contributed by atoms with Gasteiger partial charge in [-0.15, -0.1) is 0 Å². The summed E-state index contributed by atoms with van der Waals surface area (Å²) in [4.78, 5) is 12.7. The monoisotopic (exact) mass is 421 g/mol. The first-order chi connectivity index (χ1) is 11.1. The minimum absolute atomic E-state index is 0.266. The number of amides is 1. The van der Waals surface area contributed by atoms with Crippen LogP contribution in [0.15, 0.2) is 46.9 Å². The molecule has 1 N–H and O–H groups in total. The Kier molecular flexibility index (Phi) is 4.68. The van der Waals surface area contributed by atoms with Crippen molar-refractivity contribution in [3.8, 4) is 0 Å². The topological polar surface area (TPSA) is 51.5 Å². The van der Waals surface area contributed by atoms with Crippen LogP contribution in [0.3, 0.4) is 0 Å². The van der Waals surface area contributed by atoms with Gasteiger partial charge in [-0.1, -0.05) is 18.2 Å². The van der Waals surface area contributed by atoms with Gasteiger partial charge < -0.3 is 14.5 Å². The molecule has 3 aromatic rings. The van der Waals surface area contributed by atoms with Gasteiger partial charge in [0, 0.05) is 27.3 Å². The number of anilines is 1. The molecular weight excluding hydrogens is 405 g/mol. The van der Waals surface area contributed by atoms with Crippen molar-refractivity contribution in [1.29, 1.82) is 0 Å². The number of halogens is 1. The minimum atomic E-state index is -0.266. The van der Waals surface area contributed by atoms with E-state index in [1.807, 2.05) is 49.4 Å². The van der Waals surface area contributed by atoms with Crippen LogP contribution in [0.4, 0.5) is 5.69 Å². The number of carbonyl (C=O) groups is 1. The Balaban J connectivity index is 1.98. The number of rotatable bonds is 4. The van der Waals surface area contributed by atoms with Crippen molar-refractivity contribution >= 4 is 45.2 Å². The standard InChI is InChI=1S/C18H16INO3/c1-11-9-12(19)7-8-15(11)20-18(21)17-14(10-22-2)13-5-3-4-6-16(13)23-17/h3-9H,10H2,1-2H3,(H,20,21). The van der Waals surface area contributed by atoms with E-state index in [-0.39, 0.29) is 5.91 Å². The van der Waals surface area contributed by atoms with Gasteiger partial charge in [0.25, 0.3) is 5.91 Å². The number of fused-ring (bicyclic) bond motifs is 1. The van der Waals surface area contributed by atoms with E-state index in [0.717, 1.165) is 25.8 Å². The maximum atomic E-state index is 12.7. The van der Waals surface area contributed by atoms with Gasteiger partial charge in [-0.2, -0.15) is 0 Å². The molecule has 0 saturated heterocycles. The number of benzene rings is 2. The Morgan fingerprint density at radius 3 is 2.78 bits per heavy atom. The van der Waals surface area contributed by atoms with Crippen LogP contribution in [0.5, 0.6) is 0 Å². The molecule has 0 atom stereocenters. The smallest absolute Gasteiger partial charge is 0.291 e. The molecule has 0 bridgehead atoms. The second-order valence-corrected chi connectivity index (χ2v) is 6.50. The average Bonchev–Trinajstić information content (AvgIpc) is 2.90. The molecular formula is C18H16INO3. The highest BCUT2D eigenvalue weighted by Gasteiger charge is 2.20. The van der Waals surface area contributed by atoms with Crippen LogP contribution in [0.25, 0.3) is 11.0 Å². The molecule has 2 aromatic carbocycles. The quantitative estimate of drug-likeness (QED) is 0.619. The van der Waals surface area contributed by atoms with Crippen molar-refractivity contribution in [3.05, 3.63) is 62.9 Å². The molecule has 4 nitrogen and oxygen atoms in total. The molecule has 3 rings (SSSR count). The van der Waals surface area contributed by atoms with E-state index in [4.69, 9.17) is 9.15 Å². The molecule has 0 aliphatic rings. The first-order valence-electron chi connectivity index (χ1n) is 7.17. The first kappa shape index (κ1) is 16.0. The van der Waals surface area contributed by atoms with Crippen LogP contribution < -0.4 is 5.32 Å². The second-order valence-electron chi connectivity index (χ2n) is 5.25. The fraction of sp³-hybridized carbons (Fsp3) is 0.167. The Labute approximate surface area is 148 Å². The molecule has 0 unspecified atom stereocenters. The zero-order valence-electron chi connectivity index (χ0n) is 12.9. The Morgan fingerprint density at radius 1 is 1.26 bits per heavy atom. The van der Waals surface area contributed by atoms with E-state index in [9.17, 15) is 4.79 Å². The summed E-state index contributed by atoms with van der Waals surface area (Å²) in [5.74, 6) is 0.0311. The lowest BCUT2D eigenvalue weighted by molar-refractivity contribution is 0.0992. The molecule has 0 aliphatic heterocycles. The largest absolute Gasteiger partial charge is 0.451 e. The lowest BCUT2D eigenvalue weighted by Crippen LogP contribution is -2.14. The number of hydrogen-bond acceptors (Lipinski definition) is 3. The molecule has 0 saturated carbocycles. The third-order valence-corrected chi connectivity index (χ3v) is 4.30. The molecule has 0 radical (unpaired) electrons. The van der Waals surface area contributed by atoms with Crippen molar-refractivity contribution in [2.45, 2.75) is 13.5 Å². The van der Waals surface area contributed by atoms with Gasteiger partial charge in [0.2, 0.25) is 0 Å². The van der Waals surface area contributed by atoms with Crippen molar-refractivity contribution in [2.24, 2.45) is 0 Å². The Bertz CT molecular complexity index is 870. The summed E-state index contributed by atoms with van der Waals surface area (Å²) in [6.45, 7) is 2.29. The first-order valence-corrected chi connectivity index (χ1v) is 8.25. The Morgan fingerprint density at radius 2 is 2.04 bits per heavy atom. The van der Waals surface area contributed by atoms with Gasteiger partial charge in [0.05, 0.1) is 6.61 Å². The van der Waals surface area contributed by atoms with E-state index in [1.165, 1.54) is 0 Å². The van der Waals surface area contributed by atoms with Gasteiger partial charge >= 0.3 is 0 Å². The maximum Gasteiger partial charge on any atom is 0.291 e. The minimum Gasteiger partial charge on any atom is -0.451 e. The van der Waals surface area contributed by atoms with Crippen LogP contribution >= 0.6 is 22.6 Å². The van der Waals surface area contributed by atoms with E-state index < -0.39 is 0 Å². The van der Waals surface area contributed by atoms with Crippen LogP contribution in [0.2, 0.25) is 0 Å². The summed E-state index contributed by atoms with van der Waals surface area (Å²) in [5, 5.41) is 3.82. The molecule has 118 valence electrons. The summed E-state index contributed by atoms with van der Waals surface area (Å²) in [6, 6.07) is 13.5. The zero-order valence-corrected chi connectivity index (χ0v) is 15.0. The SMILES string of the molecule is COCc1c(C(=O)Nc2ccc(I)cc2C)oc2ccccc12. The molecule has 0 spiro atoms. The summed E-state index contributed by atoms with van der Waals surface area (Å²) in [5.41, 5.74) is 3.24. The number of nitrogens with one attached hydrogen (secondary N) is 1. The number of hydrogen-bond donors (Lipinski definition) is 1. The van der Waals surface area contributed by atoms with Crippen LogP contribution in [0, 0.1) is 10.5 Å². The van der Waals surface area contributed by atoms with E-state index in [0.29, 0.717) is 18.0 Å². The highest BCUT2D eigenvalue weighted by molar-refractivity contribution is 14.1. The van der Waals surface area contributed by atoms with Crippen LogP contribution in [-0.4, -0.2) is 13.0 Å². The fourth-order valence-corrected chi connectivity index (χ4v) is 3.16. The van der Waals surface area contributed by atoms with Crippen LogP contribution in [-0.2, 0) is 11.3 Å². The van der Waals surface area contributed by atoms with Gasteiger partial charge in [-0.05, 0) is 59.3 Å². The highest BCUT2D eigenvalue weighted by Crippen LogP contribution is 2.28. The van der Waals surface area contributed by atoms with Gasteiger partial charge in [-0.25, -0.2) is 0 Å². The predicted molar refractivity (Wildman–Crippen MR) is 98.8 cm³/mol. The van der Waals surface area contributed by atoms with Gasteiger partial charge in [-0.3, -0.25) is 4.79 Å². The molecule has 0 fully saturated rings. The summed E-state index contributed by atoms with van der Waals surface area (Å²) in [6.07, 6.45) is 0. The summed E-state index contributed by atoms with van der Waals surface area (Å²) >= 11 is 2.25. The predicted octanol–water partition coefficient (Wildman–Crippen LogP) is 4.74. The number of para-hydroxylation sites is 1. The third-order valence-electron chi connectivity index (χ3n) is 3.63. The zero-order chi connectivity index (χ0) is 16.4. The maximum absolute atomic E-state index is 12.7. The molecule has 0 aliphatic carbocycles. The molecule has 1 aromatic heterocycles. The van der Waals surface area contributed by atoms with Crippen molar-refractivity contribution in [2.75, 3.05) is 12.4 Å². The molecule has 1 amide bonds. The van der Waals surface area contributed by atoms with Crippen molar-refractivity contribution in [3.63, 3.8) is 0 Å². The van der Waals surface area contributed by atoms with Crippen molar-refractivity contribution in [1.82, 2.24) is 0 Å². The van der Waals surface area contributed by atoms with Crippen molar-refractivity contribution < 1.29 is 13.9 Å². The van der Waals surface area contributed by atoms with E-state index in [2.05, 4.69) is 27.9 Å². The highest BCUT2D eigenvalue weighted by atomic mass is 127.